The van der Waals surface area contributed by atoms with Crippen molar-refractivity contribution in [2.45, 2.75) is 38.7 Å². The summed E-state index contributed by atoms with van der Waals surface area (Å²) in [5.74, 6) is 1.35. The van der Waals surface area contributed by atoms with Crippen LogP contribution < -0.4 is 0 Å². The molecule has 1 aliphatic carbocycles. The van der Waals surface area contributed by atoms with Gasteiger partial charge in [-0.2, -0.15) is 0 Å². The summed E-state index contributed by atoms with van der Waals surface area (Å²) >= 11 is 0. The molecular weight excluding hydrogens is 152 g/mol. The van der Waals surface area contributed by atoms with Gasteiger partial charge < -0.3 is 9.84 Å². The highest BCUT2D eigenvalue weighted by molar-refractivity contribution is 4.84. The molecule has 0 unspecified atom stereocenters. The summed E-state index contributed by atoms with van der Waals surface area (Å²) in [4.78, 5) is 0. The zero-order chi connectivity index (χ0) is 8.97. The molecule has 1 rings (SSSR count). The average Bonchev–Trinajstić information content (AvgIpc) is 2.09. The number of ether oxygens (including phenoxy) is 1. The molecule has 0 saturated heterocycles. The van der Waals surface area contributed by atoms with Crippen molar-refractivity contribution in [1.82, 2.24) is 0 Å². The topological polar surface area (TPSA) is 29.5 Å². The molecule has 1 fully saturated rings. The van der Waals surface area contributed by atoms with Gasteiger partial charge in [-0.3, -0.25) is 0 Å². The van der Waals surface area contributed by atoms with Crippen LogP contribution in [0.4, 0.5) is 0 Å². The van der Waals surface area contributed by atoms with Crippen LogP contribution in [0.5, 0.6) is 0 Å². The molecule has 0 aromatic heterocycles. The van der Waals surface area contributed by atoms with Crippen molar-refractivity contribution >= 4 is 0 Å². The van der Waals surface area contributed by atoms with Gasteiger partial charge in [-0.05, 0) is 31.6 Å². The van der Waals surface area contributed by atoms with Crippen LogP contribution in [0.2, 0.25) is 0 Å². The molecule has 0 heterocycles. The lowest BCUT2D eigenvalue weighted by atomic mass is 9.89. The molecule has 2 nitrogen and oxygen atoms in total. The summed E-state index contributed by atoms with van der Waals surface area (Å²) in [5.41, 5.74) is 0. The standard InChI is InChI=1S/C10H18O2/c1-8-3-5-10(6-4-8)12-9(2)7-11/h8,10-11H,2-7H2,1H3. The zero-order valence-electron chi connectivity index (χ0n) is 7.75. The summed E-state index contributed by atoms with van der Waals surface area (Å²) in [5, 5.41) is 8.69. The van der Waals surface area contributed by atoms with Crippen LogP contribution in [-0.2, 0) is 4.74 Å². The zero-order valence-corrected chi connectivity index (χ0v) is 7.75. The summed E-state index contributed by atoms with van der Waals surface area (Å²) in [6.07, 6.45) is 5.01. The van der Waals surface area contributed by atoms with Crippen molar-refractivity contribution in [2.75, 3.05) is 6.61 Å². The number of aliphatic hydroxyl groups is 1. The lowest BCUT2D eigenvalue weighted by Crippen LogP contribution is -2.20. The monoisotopic (exact) mass is 170 g/mol. The maximum atomic E-state index is 8.69. The van der Waals surface area contributed by atoms with E-state index in [2.05, 4.69) is 13.5 Å². The Morgan fingerprint density at radius 3 is 2.50 bits per heavy atom. The van der Waals surface area contributed by atoms with Crippen LogP contribution in [0.25, 0.3) is 0 Å². The first-order valence-electron chi connectivity index (χ1n) is 4.67. The predicted octanol–water partition coefficient (Wildman–Crippen LogP) is 2.09. The minimum Gasteiger partial charge on any atom is -0.493 e. The molecule has 1 aliphatic rings. The quantitative estimate of drug-likeness (QED) is 0.657. The van der Waals surface area contributed by atoms with Crippen LogP contribution in [0, 0.1) is 5.92 Å². The minimum absolute atomic E-state index is 0.0496. The lowest BCUT2D eigenvalue weighted by Gasteiger charge is -2.27. The molecule has 0 aromatic rings. The van der Waals surface area contributed by atoms with Gasteiger partial charge in [0.05, 0.1) is 12.7 Å². The van der Waals surface area contributed by atoms with E-state index in [1.807, 2.05) is 0 Å². The minimum atomic E-state index is -0.0496. The molecule has 1 N–H and O–H groups in total. The van der Waals surface area contributed by atoms with Crippen LogP contribution >= 0.6 is 0 Å². The molecule has 0 amide bonds. The Kier molecular flexibility index (Phi) is 3.60. The maximum absolute atomic E-state index is 8.69. The van der Waals surface area contributed by atoms with Crippen LogP contribution in [0.15, 0.2) is 12.3 Å². The predicted molar refractivity (Wildman–Crippen MR) is 48.7 cm³/mol. The first kappa shape index (κ1) is 9.59. The van der Waals surface area contributed by atoms with E-state index in [1.54, 1.807) is 0 Å². The summed E-state index contributed by atoms with van der Waals surface area (Å²) in [7, 11) is 0. The Morgan fingerprint density at radius 2 is 2.00 bits per heavy atom. The highest BCUT2D eigenvalue weighted by Gasteiger charge is 2.19. The van der Waals surface area contributed by atoms with Crippen molar-refractivity contribution in [3.8, 4) is 0 Å². The SMILES string of the molecule is C=C(CO)OC1CCC(C)CC1. The third-order valence-corrected chi connectivity index (χ3v) is 2.47. The molecule has 0 radical (unpaired) electrons. The van der Waals surface area contributed by atoms with E-state index in [4.69, 9.17) is 9.84 Å². The van der Waals surface area contributed by atoms with E-state index >= 15 is 0 Å². The van der Waals surface area contributed by atoms with Gasteiger partial charge in [-0.15, -0.1) is 0 Å². The molecule has 0 aromatic carbocycles. The Hall–Kier alpha value is -0.500. The van der Waals surface area contributed by atoms with Crippen LogP contribution in [0.3, 0.4) is 0 Å². The second kappa shape index (κ2) is 4.51. The van der Waals surface area contributed by atoms with Gasteiger partial charge in [0.1, 0.15) is 5.76 Å². The molecule has 0 aliphatic heterocycles. The second-order valence-corrected chi connectivity index (χ2v) is 3.70. The van der Waals surface area contributed by atoms with Crippen molar-refractivity contribution in [3.05, 3.63) is 12.3 Å². The van der Waals surface area contributed by atoms with Gasteiger partial charge in [0, 0.05) is 0 Å². The van der Waals surface area contributed by atoms with E-state index in [9.17, 15) is 0 Å². The summed E-state index contributed by atoms with van der Waals surface area (Å²) in [6, 6.07) is 0. The second-order valence-electron chi connectivity index (χ2n) is 3.70. The van der Waals surface area contributed by atoms with Crippen molar-refractivity contribution < 1.29 is 9.84 Å². The molecule has 2 heteroatoms. The summed E-state index contributed by atoms with van der Waals surface area (Å²) in [6.45, 7) is 5.84. The summed E-state index contributed by atoms with van der Waals surface area (Å²) < 4.78 is 5.44. The van der Waals surface area contributed by atoms with Crippen molar-refractivity contribution in [2.24, 2.45) is 5.92 Å². The highest BCUT2D eigenvalue weighted by Crippen LogP contribution is 2.26. The number of hydrogen-bond acceptors (Lipinski definition) is 2. The molecule has 12 heavy (non-hydrogen) atoms. The number of aliphatic hydroxyl groups excluding tert-OH is 1. The number of hydrogen-bond donors (Lipinski definition) is 1. The first-order valence-corrected chi connectivity index (χ1v) is 4.67. The Labute approximate surface area is 74.2 Å². The normalized spacial score (nSPS) is 29.8. The van der Waals surface area contributed by atoms with E-state index in [1.165, 1.54) is 12.8 Å². The van der Waals surface area contributed by atoms with Gasteiger partial charge >= 0.3 is 0 Å². The Morgan fingerprint density at radius 1 is 1.42 bits per heavy atom. The van der Waals surface area contributed by atoms with Crippen molar-refractivity contribution in [1.29, 1.82) is 0 Å². The van der Waals surface area contributed by atoms with Gasteiger partial charge in [-0.25, -0.2) is 0 Å². The Balaban J connectivity index is 2.21. The van der Waals surface area contributed by atoms with E-state index in [-0.39, 0.29) is 6.61 Å². The van der Waals surface area contributed by atoms with E-state index in [0.29, 0.717) is 11.9 Å². The third kappa shape index (κ3) is 2.86. The van der Waals surface area contributed by atoms with E-state index in [0.717, 1.165) is 18.8 Å². The smallest absolute Gasteiger partial charge is 0.115 e. The third-order valence-electron chi connectivity index (χ3n) is 2.47. The van der Waals surface area contributed by atoms with Crippen molar-refractivity contribution in [3.63, 3.8) is 0 Å². The fourth-order valence-corrected chi connectivity index (χ4v) is 1.62. The number of rotatable bonds is 3. The van der Waals surface area contributed by atoms with Gasteiger partial charge in [0.15, 0.2) is 0 Å². The lowest BCUT2D eigenvalue weighted by molar-refractivity contribution is 0.0527. The van der Waals surface area contributed by atoms with Gasteiger partial charge in [0.25, 0.3) is 0 Å². The fraction of sp³-hybridized carbons (Fsp3) is 0.800. The molecular formula is C10H18O2. The van der Waals surface area contributed by atoms with Crippen LogP contribution in [-0.4, -0.2) is 17.8 Å². The molecule has 0 bridgehead atoms. The molecule has 70 valence electrons. The molecule has 1 saturated carbocycles. The van der Waals surface area contributed by atoms with E-state index < -0.39 is 0 Å². The Bertz CT molecular complexity index is 146. The largest absolute Gasteiger partial charge is 0.493 e. The molecule has 0 spiro atoms. The van der Waals surface area contributed by atoms with Gasteiger partial charge in [-0.1, -0.05) is 13.5 Å². The first-order chi connectivity index (χ1) is 5.72. The fourth-order valence-electron chi connectivity index (χ4n) is 1.62. The molecule has 0 atom stereocenters. The maximum Gasteiger partial charge on any atom is 0.115 e. The highest BCUT2D eigenvalue weighted by atomic mass is 16.5. The van der Waals surface area contributed by atoms with Gasteiger partial charge in [0.2, 0.25) is 0 Å². The van der Waals surface area contributed by atoms with Crippen LogP contribution in [0.1, 0.15) is 32.6 Å². The average molecular weight is 170 g/mol.